The van der Waals surface area contributed by atoms with Crippen LogP contribution in [0.1, 0.15) is 21.5 Å². The van der Waals surface area contributed by atoms with Crippen LogP contribution in [-0.4, -0.2) is 5.91 Å². The Balaban J connectivity index is 1.81. The molecule has 0 radical (unpaired) electrons. The minimum absolute atomic E-state index is 0.141. The SMILES string of the molecule is Cc1ccc(C(=O)N/C(=C/c2ccc(Cl)cc2)[P+](c2ccccc2)(c2ccccc2)c2ccccc2)cc1. The highest BCUT2D eigenvalue weighted by Crippen LogP contribution is 2.61. The third kappa shape index (κ3) is 5.34. The lowest BCUT2D eigenvalue weighted by atomic mass is 10.1. The van der Waals surface area contributed by atoms with Gasteiger partial charge in [-0.1, -0.05) is 96.0 Å². The number of aryl methyl sites for hydroxylation is 1. The van der Waals surface area contributed by atoms with Gasteiger partial charge >= 0.3 is 0 Å². The Bertz CT molecular complexity index is 1440. The van der Waals surface area contributed by atoms with Gasteiger partial charge in [-0.05, 0) is 73.2 Å². The van der Waals surface area contributed by atoms with Crippen molar-refractivity contribution < 1.29 is 4.79 Å². The van der Waals surface area contributed by atoms with Gasteiger partial charge in [-0.25, -0.2) is 0 Å². The first kappa shape index (κ1) is 25.7. The van der Waals surface area contributed by atoms with Crippen LogP contribution in [0.3, 0.4) is 0 Å². The molecule has 5 aromatic rings. The molecule has 0 fully saturated rings. The molecule has 186 valence electrons. The molecule has 0 saturated heterocycles. The number of hydrogen-bond donors (Lipinski definition) is 1. The maximum atomic E-state index is 13.8. The fraction of sp³-hybridized carbons (Fsp3) is 0.0294. The average molecular weight is 533 g/mol. The van der Waals surface area contributed by atoms with E-state index in [1.807, 2.05) is 73.7 Å². The van der Waals surface area contributed by atoms with Gasteiger partial charge in [0.2, 0.25) is 0 Å². The van der Waals surface area contributed by atoms with Gasteiger partial charge in [0.1, 0.15) is 15.9 Å². The molecule has 0 aliphatic heterocycles. The summed E-state index contributed by atoms with van der Waals surface area (Å²) >= 11 is 6.22. The first-order valence-electron chi connectivity index (χ1n) is 12.5. The van der Waals surface area contributed by atoms with Crippen LogP contribution in [0.25, 0.3) is 6.08 Å². The summed E-state index contributed by atoms with van der Waals surface area (Å²) in [6.45, 7) is 2.02. The molecule has 0 spiro atoms. The van der Waals surface area contributed by atoms with Crippen LogP contribution in [0.5, 0.6) is 0 Å². The van der Waals surface area contributed by atoms with Crippen LogP contribution >= 0.6 is 18.9 Å². The van der Waals surface area contributed by atoms with Crippen LogP contribution in [0.2, 0.25) is 5.02 Å². The molecule has 0 atom stereocenters. The van der Waals surface area contributed by atoms with E-state index in [0.29, 0.717) is 10.6 Å². The molecule has 0 saturated carbocycles. The van der Waals surface area contributed by atoms with Gasteiger partial charge in [-0.15, -0.1) is 0 Å². The molecule has 38 heavy (non-hydrogen) atoms. The number of nitrogens with one attached hydrogen (secondary N) is 1. The molecule has 5 aromatic carbocycles. The average Bonchev–Trinajstić information content (AvgIpc) is 2.97. The van der Waals surface area contributed by atoms with Crippen LogP contribution in [0, 0.1) is 6.92 Å². The van der Waals surface area contributed by atoms with Crippen LogP contribution in [-0.2, 0) is 0 Å². The van der Waals surface area contributed by atoms with Gasteiger partial charge in [0, 0.05) is 16.7 Å². The van der Waals surface area contributed by atoms with Crippen molar-refractivity contribution in [3.63, 3.8) is 0 Å². The Kier molecular flexibility index (Phi) is 7.84. The van der Waals surface area contributed by atoms with Gasteiger partial charge in [0.25, 0.3) is 5.91 Å². The highest BCUT2D eigenvalue weighted by molar-refractivity contribution is 7.99. The minimum atomic E-state index is -2.53. The molecule has 0 aliphatic carbocycles. The first-order chi connectivity index (χ1) is 18.6. The van der Waals surface area contributed by atoms with Crippen LogP contribution < -0.4 is 21.2 Å². The molecule has 0 aliphatic rings. The van der Waals surface area contributed by atoms with Crippen molar-refractivity contribution in [2.45, 2.75) is 6.92 Å². The predicted octanol–water partition coefficient (Wildman–Crippen LogP) is 7.37. The van der Waals surface area contributed by atoms with Crippen molar-refractivity contribution in [2.75, 3.05) is 0 Å². The largest absolute Gasteiger partial charge is 0.292 e. The second-order valence-electron chi connectivity index (χ2n) is 9.08. The summed E-state index contributed by atoms with van der Waals surface area (Å²) in [5, 5.41) is 7.52. The van der Waals surface area contributed by atoms with E-state index in [1.54, 1.807) is 0 Å². The Morgan fingerprint density at radius 1 is 0.632 bits per heavy atom. The standard InChI is InChI=1S/C34H27ClNOP/c1-26-17-21-28(22-18-26)34(37)36-33(25-27-19-23-29(35)24-20-27)38(30-11-5-2-6-12-30,31-13-7-3-8-14-31)32-15-9-4-10-16-32/h2-25H,1H3/p+1/b33-25-. The van der Waals surface area contributed by atoms with E-state index in [0.717, 1.165) is 32.5 Å². The van der Waals surface area contributed by atoms with Gasteiger partial charge in [0.15, 0.2) is 12.7 Å². The third-order valence-corrected chi connectivity index (χ3v) is 11.0. The molecule has 4 heteroatoms. The van der Waals surface area contributed by atoms with Crippen LogP contribution in [0.15, 0.2) is 145 Å². The normalized spacial score (nSPS) is 11.7. The van der Waals surface area contributed by atoms with Crippen molar-refractivity contribution in [1.82, 2.24) is 5.32 Å². The molecule has 5 rings (SSSR count). The number of amides is 1. The minimum Gasteiger partial charge on any atom is -0.292 e. The van der Waals surface area contributed by atoms with E-state index in [1.165, 1.54) is 0 Å². The summed E-state index contributed by atoms with van der Waals surface area (Å²) in [6, 6.07) is 46.9. The lowest BCUT2D eigenvalue weighted by Gasteiger charge is -2.29. The van der Waals surface area contributed by atoms with E-state index in [-0.39, 0.29) is 5.91 Å². The monoisotopic (exact) mass is 532 g/mol. The summed E-state index contributed by atoms with van der Waals surface area (Å²) in [4.78, 5) is 13.8. The van der Waals surface area contributed by atoms with E-state index in [2.05, 4.69) is 84.2 Å². The van der Waals surface area contributed by atoms with Gasteiger partial charge in [-0.3, -0.25) is 10.1 Å². The Morgan fingerprint density at radius 3 is 1.53 bits per heavy atom. The van der Waals surface area contributed by atoms with Gasteiger partial charge in [-0.2, -0.15) is 0 Å². The molecule has 0 heterocycles. The lowest BCUT2D eigenvalue weighted by molar-refractivity contribution is 0.0969. The zero-order chi connectivity index (χ0) is 26.4. The molecular weight excluding hydrogens is 505 g/mol. The summed E-state index contributed by atoms with van der Waals surface area (Å²) < 4.78 is 0. The van der Waals surface area contributed by atoms with E-state index in [9.17, 15) is 4.79 Å². The quantitative estimate of drug-likeness (QED) is 0.218. The molecule has 1 N–H and O–H groups in total. The lowest BCUT2D eigenvalue weighted by Crippen LogP contribution is -2.38. The van der Waals surface area contributed by atoms with Crippen LogP contribution in [0.4, 0.5) is 0 Å². The number of halogens is 1. The Labute approximate surface area is 230 Å². The number of carbonyl (C=O) groups excluding carboxylic acids is 1. The number of benzene rings is 5. The van der Waals surface area contributed by atoms with Gasteiger partial charge in [0.05, 0.1) is 0 Å². The number of hydrogen-bond acceptors (Lipinski definition) is 1. The Morgan fingerprint density at radius 2 is 1.08 bits per heavy atom. The zero-order valence-electron chi connectivity index (χ0n) is 21.1. The maximum Gasteiger partial charge on any atom is 0.258 e. The second kappa shape index (κ2) is 11.6. The number of rotatable bonds is 7. The van der Waals surface area contributed by atoms with Crippen molar-refractivity contribution in [3.05, 3.63) is 167 Å². The Hall–Kier alpha value is -3.97. The van der Waals surface area contributed by atoms with Crippen molar-refractivity contribution in [2.24, 2.45) is 0 Å². The summed E-state index contributed by atoms with van der Waals surface area (Å²) in [7, 11) is -2.53. The summed E-state index contributed by atoms with van der Waals surface area (Å²) in [6.07, 6.45) is 2.10. The fourth-order valence-electron chi connectivity index (χ4n) is 4.65. The van der Waals surface area contributed by atoms with Gasteiger partial charge < -0.3 is 0 Å². The molecule has 2 nitrogen and oxygen atoms in total. The molecule has 0 aromatic heterocycles. The second-order valence-corrected chi connectivity index (χ2v) is 12.9. The fourth-order valence-corrected chi connectivity index (χ4v) is 8.97. The smallest absolute Gasteiger partial charge is 0.258 e. The summed E-state index contributed by atoms with van der Waals surface area (Å²) in [5.74, 6) is -0.141. The van der Waals surface area contributed by atoms with E-state index < -0.39 is 7.26 Å². The predicted molar refractivity (Wildman–Crippen MR) is 163 cm³/mol. The maximum absolute atomic E-state index is 13.8. The van der Waals surface area contributed by atoms with E-state index >= 15 is 0 Å². The zero-order valence-corrected chi connectivity index (χ0v) is 22.7. The molecule has 0 unspecified atom stereocenters. The third-order valence-electron chi connectivity index (χ3n) is 6.52. The first-order valence-corrected chi connectivity index (χ1v) is 14.7. The van der Waals surface area contributed by atoms with E-state index in [4.69, 9.17) is 11.6 Å². The highest BCUT2D eigenvalue weighted by atomic mass is 35.5. The molecular formula is C34H28ClNOP+. The highest BCUT2D eigenvalue weighted by Gasteiger charge is 2.50. The topological polar surface area (TPSA) is 29.1 Å². The van der Waals surface area contributed by atoms with Crippen molar-refractivity contribution in [1.29, 1.82) is 0 Å². The summed E-state index contributed by atoms with van der Waals surface area (Å²) in [5.41, 5.74) is 3.54. The molecule has 0 bridgehead atoms. The van der Waals surface area contributed by atoms with Crippen molar-refractivity contribution in [3.8, 4) is 0 Å². The van der Waals surface area contributed by atoms with Crippen molar-refractivity contribution >= 4 is 46.8 Å². The molecule has 1 amide bonds. The number of carbonyl (C=O) groups is 1.